The molecule has 4 aromatic rings. The number of carbonyl (C=O) groups excluding carboxylic acids is 1. The van der Waals surface area contributed by atoms with Crippen molar-refractivity contribution in [2.75, 3.05) is 0 Å². The fourth-order valence-electron chi connectivity index (χ4n) is 4.31. The van der Waals surface area contributed by atoms with Gasteiger partial charge in [-0.05, 0) is 39.6 Å². The highest BCUT2D eigenvalue weighted by Crippen LogP contribution is 2.43. The Bertz CT molecular complexity index is 1240. The van der Waals surface area contributed by atoms with E-state index in [9.17, 15) is 9.90 Å². The van der Waals surface area contributed by atoms with Gasteiger partial charge in [-0.1, -0.05) is 84.4 Å². The summed E-state index contributed by atoms with van der Waals surface area (Å²) in [7, 11) is 0. The van der Waals surface area contributed by atoms with Crippen molar-refractivity contribution < 1.29 is 9.90 Å². The second-order valence-electron chi connectivity index (χ2n) is 7.24. The Morgan fingerprint density at radius 3 is 2.39 bits per heavy atom. The average molecular weight is 385 g/mol. The SMILES string of the molecule is O=C1c2ccccc2C(O)(Cc2cccc3ccccc23)c2ccc(Cl)cc21. The molecule has 0 radical (unpaired) electrons. The van der Waals surface area contributed by atoms with E-state index < -0.39 is 5.60 Å². The van der Waals surface area contributed by atoms with Crippen molar-refractivity contribution in [3.63, 3.8) is 0 Å². The molecule has 0 aromatic heterocycles. The maximum absolute atomic E-state index is 13.0. The van der Waals surface area contributed by atoms with Gasteiger partial charge in [0.2, 0.25) is 0 Å². The van der Waals surface area contributed by atoms with Crippen molar-refractivity contribution >= 4 is 28.2 Å². The predicted octanol–water partition coefficient (Wildman–Crippen LogP) is 5.52. The van der Waals surface area contributed by atoms with Crippen molar-refractivity contribution in [3.05, 3.63) is 118 Å². The van der Waals surface area contributed by atoms with E-state index in [1.165, 1.54) is 0 Å². The van der Waals surface area contributed by atoms with Gasteiger partial charge < -0.3 is 5.11 Å². The van der Waals surface area contributed by atoms with Gasteiger partial charge in [-0.2, -0.15) is 0 Å². The number of hydrogen-bond acceptors (Lipinski definition) is 2. The highest BCUT2D eigenvalue weighted by molar-refractivity contribution is 6.31. The van der Waals surface area contributed by atoms with Crippen LogP contribution in [0.2, 0.25) is 5.02 Å². The van der Waals surface area contributed by atoms with Crippen molar-refractivity contribution in [1.82, 2.24) is 0 Å². The molecule has 0 fully saturated rings. The Hall–Kier alpha value is -2.94. The summed E-state index contributed by atoms with van der Waals surface area (Å²) in [4.78, 5) is 13.0. The monoisotopic (exact) mass is 384 g/mol. The number of fused-ring (bicyclic) bond motifs is 3. The summed E-state index contributed by atoms with van der Waals surface area (Å²) < 4.78 is 0. The van der Waals surface area contributed by atoms with E-state index in [-0.39, 0.29) is 5.78 Å². The van der Waals surface area contributed by atoms with Crippen molar-refractivity contribution in [2.45, 2.75) is 12.0 Å². The summed E-state index contributed by atoms with van der Waals surface area (Å²) in [5.74, 6) is -0.101. The smallest absolute Gasteiger partial charge is 0.193 e. The molecule has 1 unspecified atom stereocenters. The van der Waals surface area contributed by atoms with Gasteiger partial charge in [-0.3, -0.25) is 4.79 Å². The molecule has 5 rings (SSSR count). The van der Waals surface area contributed by atoms with E-state index in [0.29, 0.717) is 33.7 Å². The van der Waals surface area contributed by atoms with Crippen molar-refractivity contribution in [3.8, 4) is 0 Å². The maximum atomic E-state index is 13.0. The molecule has 1 atom stereocenters. The topological polar surface area (TPSA) is 37.3 Å². The van der Waals surface area contributed by atoms with Gasteiger partial charge in [-0.15, -0.1) is 0 Å². The molecule has 28 heavy (non-hydrogen) atoms. The number of carbonyl (C=O) groups is 1. The zero-order valence-electron chi connectivity index (χ0n) is 15.0. The molecule has 1 N–H and O–H groups in total. The molecule has 3 heteroatoms. The molecule has 0 spiro atoms. The third-order valence-corrected chi connectivity index (χ3v) is 5.85. The fraction of sp³-hybridized carbons (Fsp3) is 0.0800. The Kier molecular flexibility index (Phi) is 3.87. The molecule has 1 aliphatic carbocycles. The van der Waals surface area contributed by atoms with Crippen LogP contribution >= 0.6 is 11.6 Å². The van der Waals surface area contributed by atoms with E-state index in [0.717, 1.165) is 16.3 Å². The summed E-state index contributed by atoms with van der Waals surface area (Å²) in [5, 5.41) is 14.7. The van der Waals surface area contributed by atoms with Crippen LogP contribution < -0.4 is 0 Å². The molecule has 2 nitrogen and oxygen atoms in total. The molecule has 0 saturated heterocycles. The zero-order chi connectivity index (χ0) is 19.3. The van der Waals surface area contributed by atoms with Crippen LogP contribution in [0.4, 0.5) is 0 Å². The van der Waals surface area contributed by atoms with Gasteiger partial charge in [0, 0.05) is 22.6 Å². The number of halogens is 1. The van der Waals surface area contributed by atoms with Crippen molar-refractivity contribution in [2.24, 2.45) is 0 Å². The lowest BCUT2D eigenvalue weighted by molar-refractivity contribution is 0.0723. The molecular formula is C25H17ClO2. The minimum Gasteiger partial charge on any atom is -0.380 e. The average Bonchev–Trinajstić information content (AvgIpc) is 2.72. The van der Waals surface area contributed by atoms with Crippen LogP contribution in [0.5, 0.6) is 0 Å². The van der Waals surface area contributed by atoms with Gasteiger partial charge in [0.15, 0.2) is 5.78 Å². The summed E-state index contributed by atoms with van der Waals surface area (Å²) in [6, 6.07) is 26.7. The lowest BCUT2D eigenvalue weighted by Gasteiger charge is -2.36. The second kappa shape index (κ2) is 6.30. The number of ketones is 1. The molecule has 4 aromatic carbocycles. The number of rotatable bonds is 2. The predicted molar refractivity (Wildman–Crippen MR) is 112 cm³/mol. The van der Waals surface area contributed by atoms with Gasteiger partial charge in [0.05, 0.1) is 0 Å². The van der Waals surface area contributed by atoms with Gasteiger partial charge in [-0.25, -0.2) is 0 Å². The normalized spacial score (nSPS) is 18.0. The van der Waals surface area contributed by atoms with E-state index >= 15 is 0 Å². The quantitative estimate of drug-likeness (QED) is 0.494. The molecule has 0 bridgehead atoms. The molecule has 0 aliphatic heterocycles. The van der Waals surface area contributed by atoms with E-state index in [1.807, 2.05) is 42.5 Å². The number of aliphatic hydroxyl groups is 1. The fourth-order valence-corrected chi connectivity index (χ4v) is 4.48. The number of benzene rings is 4. The lowest BCUT2D eigenvalue weighted by Crippen LogP contribution is -2.37. The summed E-state index contributed by atoms with van der Waals surface area (Å²) in [6.45, 7) is 0. The Morgan fingerprint density at radius 2 is 1.50 bits per heavy atom. The first-order valence-electron chi connectivity index (χ1n) is 9.21. The summed E-state index contributed by atoms with van der Waals surface area (Å²) >= 11 is 6.17. The maximum Gasteiger partial charge on any atom is 0.193 e. The highest BCUT2D eigenvalue weighted by Gasteiger charge is 2.42. The first-order valence-corrected chi connectivity index (χ1v) is 9.59. The van der Waals surface area contributed by atoms with Crippen LogP contribution in [0.1, 0.15) is 32.6 Å². The molecule has 136 valence electrons. The minimum absolute atomic E-state index is 0.101. The Balaban J connectivity index is 1.76. The first-order chi connectivity index (χ1) is 13.6. The summed E-state index contributed by atoms with van der Waals surface area (Å²) in [5.41, 5.74) is 1.96. The van der Waals surface area contributed by atoms with Gasteiger partial charge in [0.1, 0.15) is 5.60 Å². The van der Waals surface area contributed by atoms with Crippen LogP contribution in [-0.4, -0.2) is 10.9 Å². The van der Waals surface area contributed by atoms with Crippen molar-refractivity contribution in [1.29, 1.82) is 0 Å². The molecule has 0 heterocycles. The van der Waals surface area contributed by atoms with Gasteiger partial charge >= 0.3 is 0 Å². The van der Waals surface area contributed by atoms with Crippen LogP contribution in [0.15, 0.2) is 84.9 Å². The largest absolute Gasteiger partial charge is 0.380 e. The van der Waals surface area contributed by atoms with E-state index in [2.05, 4.69) is 18.2 Å². The van der Waals surface area contributed by atoms with Crippen LogP contribution in [0, 0.1) is 0 Å². The van der Waals surface area contributed by atoms with Crippen LogP contribution in [-0.2, 0) is 12.0 Å². The van der Waals surface area contributed by atoms with Crippen LogP contribution in [0.3, 0.4) is 0 Å². The third-order valence-electron chi connectivity index (χ3n) is 5.62. The molecule has 0 saturated carbocycles. The van der Waals surface area contributed by atoms with Crippen LogP contribution in [0.25, 0.3) is 10.8 Å². The number of hydrogen-bond donors (Lipinski definition) is 1. The van der Waals surface area contributed by atoms with E-state index in [4.69, 9.17) is 11.6 Å². The van der Waals surface area contributed by atoms with Gasteiger partial charge in [0.25, 0.3) is 0 Å². The Labute approximate surface area is 168 Å². The summed E-state index contributed by atoms with van der Waals surface area (Å²) in [6.07, 6.45) is 0.368. The standard InChI is InChI=1S/C25H17ClO2/c26-18-12-13-23-21(14-18)24(27)20-10-3-4-11-22(20)25(23,28)15-17-8-5-7-16-6-1-2-9-19(16)17/h1-14,28H,15H2. The molecule has 1 aliphatic rings. The molecular weight excluding hydrogens is 368 g/mol. The minimum atomic E-state index is -1.31. The lowest BCUT2D eigenvalue weighted by atomic mass is 9.71. The first kappa shape index (κ1) is 17.2. The zero-order valence-corrected chi connectivity index (χ0v) is 15.8. The third kappa shape index (κ3) is 2.50. The second-order valence-corrected chi connectivity index (χ2v) is 7.68. The Morgan fingerprint density at radius 1 is 0.786 bits per heavy atom. The van der Waals surface area contributed by atoms with E-state index in [1.54, 1.807) is 24.3 Å². The highest BCUT2D eigenvalue weighted by atomic mass is 35.5. The molecule has 0 amide bonds.